The molecule has 0 aliphatic carbocycles. The lowest BCUT2D eigenvalue weighted by Crippen LogP contribution is -2.62. The number of hydrogen-bond acceptors (Lipinski definition) is 24. The molecule has 3 amide bonds. The van der Waals surface area contributed by atoms with Gasteiger partial charge in [0.05, 0.1) is 75.9 Å². The molecule has 27 heteroatoms. The van der Waals surface area contributed by atoms with E-state index in [9.17, 15) is 34.2 Å². The zero-order valence-electron chi connectivity index (χ0n) is 54.2. The third kappa shape index (κ3) is 39.6. The number of unbranched alkanes of at least 4 members (excludes halogenated alkanes) is 3. The molecule has 0 saturated carbocycles. The number of aliphatic hydroxyl groups is 2. The molecule has 0 aromatic rings. The van der Waals surface area contributed by atoms with Gasteiger partial charge in [-0.15, -0.1) is 0 Å². The van der Waals surface area contributed by atoms with E-state index in [0.717, 1.165) is 51.6 Å². The van der Waals surface area contributed by atoms with Gasteiger partial charge in [-0.25, -0.2) is 0 Å². The minimum atomic E-state index is -0.910. The van der Waals surface area contributed by atoms with Gasteiger partial charge < -0.3 is 107 Å². The van der Waals surface area contributed by atoms with Crippen LogP contribution < -0.4 is 16.0 Å². The van der Waals surface area contributed by atoms with E-state index in [1.54, 1.807) is 56.7 Å². The highest BCUT2D eigenvalue weighted by Gasteiger charge is 2.47. The van der Waals surface area contributed by atoms with Crippen molar-refractivity contribution in [3.05, 3.63) is 0 Å². The van der Waals surface area contributed by atoms with Crippen molar-refractivity contribution >= 4 is 29.7 Å². The molecule has 86 heavy (non-hydrogen) atoms. The molecule has 27 nitrogen and oxygen atoms in total. The summed E-state index contributed by atoms with van der Waals surface area (Å²) in [6, 6.07) is -1.23. The van der Waals surface area contributed by atoms with Crippen LogP contribution >= 0.6 is 0 Å². The van der Waals surface area contributed by atoms with Crippen LogP contribution in [-0.2, 0) is 104 Å². The van der Waals surface area contributed by atoms with Gasteiger partial charge in [0.15, 0.2) is 12.6 Å². The van der Waals surface area contributed by atoms with Crippen molar-refractivity contribution in [3.63, 3.8) is 0 Å². The van der Waals surface area contributed by atoms with Crippen LogP contribution in [0.2, 0.25) is 0 Å². The van der Waals surface area contributed by atoms with E-state index in [-0.39, 0.29) is 54.2 Å². The van der Waals surface area contributed by atoms with Gasteiger partial charge in [0.1, 0.15) is 24.9 Å². The third-order valence-corrected chi connectivity index (χ3v) is 13.5. The smallest absolute Gasteiger partial charge is 0.303 e. The first-order chi connectivity index (χ1) is 41.3. The summed E-state index contributed by atoms with van der Waals surface area (Å²) in [5, 5.41) is 28.0. The maximum absolute atomic E-state index is 12.0. The zero-order valence-corrected chi connectivity index (χ0v) is 54.2. The molecular weight excluding hydrogens is 1130 g/mol. The molecule has 2 aliphatic heterocycles. The maximum Gasteiger partial charge on any atom is 0.303 e. The predicted octanol–water partition coefficient (Wildman–Crippen LogP) is 2.54. The van der Waals surface area contributed by atoms with E-state index in [1.807, 2.05) is 6.92 Å². The first-order valence-corrected chi connectivity index (χ1v) is 30.0. The van der Waals surface area contributed by atoms with Crippen molar-refractivity contribution in [2.75, 3.05) is 175 Å². The standard InChI is InChI=1S/C22H46O8.C19H36N2O8.C18H31NO8/c1-23-10-5-6-14-27-18-22(19-28-15-7-11-24-2,20-29-16-8-12-25-3)21-30-17-9-13-26-4;1-12-17(20-13(2)23)19(29-15(9-22)18(12)25)28-8-6-5-7-16(24)21-14(10-26-3)11-27-4;1-11-16(19-12(2)20)18(24-9-7-6-8-23-5)27-15(10-25-13(3)21)17(11)26-14(4)22/h5-21H2,1-4H3;12,14-15,17-19,22,25H,5-11H2,1-4H3,(H,20,23)(H,21,24);11,15-18H,6-10H2,1-5H3,(H,19,20)/t;12-,15?,17?,18-,19-;11-,15?,16?,17-,18-/m.11/s1. The van der Waals surface area contributed by atoms with E-state index in [2.05, 4.69) is 16.0 Å². The molecule has 0 bridgehead atoms. The van der Waals surface area contributed by atoms with Gasteiger partial charge in [-0.05, 0) is 57.8 Å². The monoisotopic (exact) mass is 1250 g/mol. The lowest BCUT2D eigenvalue weighted by Gasteiger charge is -2.44. The molecule has 2 rings (SSSR count). The summed E-state index contributed by atoms with van der Waals surface area (Å²) in [4.78, 5) is 57.8. The molecule has 508 valence electrons. The maximum atomic E-state index is 12.0. The second kappa shape index (κ2) is 53.5. The van der Waals surface area contributed by atoms with Gasteiger partial charge in [-0.1, -0.05) is 13.8 Å². The first-order valence-electron chi connectivity index (χ1n) is 30.0. The second-order valence-electron chi connectivity index (χ2n) is 21.3. The quantitative estimate of drug-likeness (QED) is 0.0432. The Morgan fingerprint density at radius 1 is 0.500 bits per heavy atom. The van der Waals surface area contributed by atoms with Gasteiger partial charge in [0.2, 0.25) is 17.7 Å². The minimum absolute atomic E-state index is 0.0755. The van der Waals surface area contributed by atoms with Gasteiger partial charge >= 0.3 is 11.9 Å². The predicted molar refractivity (Wildman–Crippen MR) is 315 cm³/mol. The summed E-state index contributed by atoms with van der Waals surface area (Å²) in [5.41, 5.74) is -0.353. The number of methoxy groups -OCH3 is 7. The van der Waals surface area contributed by atoms with E-state index in [4.69, 9.17) is 80.5 Å². The summed E-state index contributed by atoms with van der Waals surface area (Å²) in [7, 11) is 11.6. The highest BCUT2D eigenvalue weighted by molar-refractivity contribution is 5.76. The Labute approximate surface area is 512 Å². The zero-order chi connectivity index (χ0) is 64.4. The summed E-state index contributed by atoms with van der Waals surface area (Å²) in [6.07, 6.45) is 3.06. The molecular formula is C59H113N3O24. The molecule has 0 aromatic carbocycles. The summed E-state index contributed by atoms with van der Waals surface area (Å²) in [6.45, 7) is 18.1. The lowest BCUT2D eigenvalue weighted by atomic mass is 9.88. The number of ether oxygens (including phenoxy) is 17. The fourth-order valence-corrected chi connectivity index (χ4v) is 9.02. The Morgan fingerprint density at radius 2 is 0.895 bits per heavy atom. The SMILES string of the molecule is COCC(COC)NC(=O)CCCCO[C@@H]1OC(CO)[C@H](O)[C@H](C)C1NC(C)=O.COCCCCOCC(COCCCOC)(COCCCOC)COCCCOC.COCCCCO[C@@H]1OC(COC(C)=O)[C@H](OC(C)=O)[C@H](C)C1NC(C)=O. The average molecular weight is 1250 g/mol. The summed E-state index contributed by atoms with van der Waals surface area (Å²) >= 11 is 0. The summed E-state index contributed by atoms with van der Waals surface area (Å²) in [5.74, 6) is -2.20. The van der Waals surface area contributed by atoms with E-state index >= 15 is 0 Å². The van der Waals surface area contributed by atoms with Gasteiger partial charge in [-0.3, -0.25) is 24.0 Å². The van der Waals surface area contributed by atoms with Crippen molar-refractivity contribution < 1.29 is 115 Å². The van der Waals surface area contributed by atoms with Crippen molar-refractivity contribution in [2.24, 2.45) is 17.3 Å². The Kier molecular flexibility index (Phi) is 51.4. The minimum Gasteiger partial charge on any atom is -0.463 e. The van der Waals surface area contributed by atoms with E-state index in [0.29, 0.717) is 125 Å². The molecule has 0 spiro atoms. The number of esters is 2. The molecule has 2 fully saturated rings. The van der Waals surface area contributed by atoms with Crippen LogP contribution in [0.25, 0.3) is 0 Å². The van der Waals surface area contributed by atoms with Crippen molar-refractivity contribution in [2.45, 2.75) is 161 Å². The molecule has 4 unspecified atom stereocenters. The highest BCUT2D eigenvalue weighted by atomic mass is 16.7. The number of carbonyl (C=O) groups is 5. The van der Waals surface area contributed by atoms with Gasteiger partial charge in [-0.2, -0.15) is 0 Å². The van der Waals surface area contributed by atoms with Crippen LogP contribution in [0, 0.1) is 17.3 Å². The average Bonchev–Trinajstić information content (AvgIpc) is 2.22. The van der Waals surface area contributed by atoms with Crippen molar-refractivity contribution in [3.8, 4) is 0 Å². The number of amides is 3. The van der Waals surface area contributed by atoms with Crippen molar-refractivity contribution in [1.82, 2.24) is 16.0 Å². The number of rotatable bonds is 48. The molecule has 0 radical (unpaired) electrons. The molecule has 0 aromatic heterocycles. The fourth-order valence-electron chi connectivity index (χ4n) is 9.02. The topological polar surface area (TPSA) is 319 Å². The number of carbonyl (C=O) groups excluding carboxylic acids is 5. The van der Waals surface area contributed by atoms with Gasteiger partial charge in [0.25, 0.3) is 0 Å². The lowest BCUT2D eigenvalue weighted by molar-refractivity contribution is -0.262. The highest BCUT2D eigenvalue weighted by Crippen LogP contribution is 2.31. The first kappa shape index (κ1) is 82.7. The molecule has 2 aliphatic rings. The van der Waals surface area contributed by atoms with E-state index < -0.39 is 61.0 Å². The normalized spacial score (nSPS) is 22.0. The molecule has 10 atom stereocenters. The molecule has 2 saturated heterocycles. The Balaban J connectivity index is 0.00000126. The Bertz CT molecular complexity index is 1650. The fraction of sp³-hybridized carbons (Fsp3) is 0.915. The molecule has 2 heterocycles. The molecule has 5 N–H and O–H groups in total. The second-order valence-corrected chi connectivity index (χ2v) is 21.3. The van der Waals surface area contributed by atoms with Crippen LogP contribution in [0.5, 0.6) is 0 Å². The van der Waals surface area contributed by atoms with Crippen LogP contribution in [0.15, 0.2) is 0 Å². The number of hydrogen-bond donors (Lipinski definition) is 5. The number of nitrogens with one attached hydrogen (secondary N) is 3. The number of aliphatic hydroxyl groups excluding tert-OH is 2. The largest absolute Gasteiger partial charge is 0.463 e. The van der Waals surface area contributed by atoms with Crippen molar-refractivity contribution in [1.29, 1.82) is 0 Å². The Hall–Kier alpha value is -3.33. The Morgan fingerprint density at radius 3 is 1.30 bits per heavy atom. The summed E-state index contributed by atoms with van der Waals surface area (Å²) < 4.78 is 93.0. The van der Waals surface area contributed by atoms with E-state index in [1.165, 1.54) is 27.7 Å². The van der Waals surface area contributed by atoms with Gasteiger partial charge in [0, 0.05) is 168 Å². The van der Waals surface area contributed by atoms with Crippen LogP contribution in [-0.4, -0.2) is 270 Å². The van der Waals surface area contributed by atoms with Crippen LogP contribution in [0.3, 0.4) is 0 Å². The van der Waals surface area contributed by atoms with Crippen LogP contribution in [0.1, 0.15) is 106 Å². The third-order valence-electron chi connectivity index (χ3n) is 13.5. The van der Waals surface area contributed by atoms with Crippen LogP contribution in [0.4, 0.5) is 0 Å².